The van der Waals surface area contributed by atoms with E-state index in [1.165, 1.54) is 0 Å². The van der Waals surface area contributed by atoms with Gasteiger partial charge in [0.15, 0.2) is 0 Å². The Morgan fingerprint density at radius 1 is 0.630 bits per heavy atom. The zero-order valence-electron chi connectivity index (χ0n) is 13.4. The Morgan fingerprint density at radius 2 is 0.926 bits per heavy atom. The van der Waals surface area contributed by atoms with E-state index in [0.717, 1.165) is 11.1 Å². The van der Waals surface area contributed by atoms with Crippen molar-refractivity contribution < 1.29 is 9.59 Å². The van der Waals surface area contributed by atoms with Crippen LogP contribution in [0.15, 0.2) is 48.5 Å². The zero-order chi connectivity index (χ0) is 20.2. The molecule has 2 N–H and O–H groups in total. The van der Waals surface area contributed by atoms with Crippen LogP contribution in [0.5, 0.6) is 0 Å². The van der Waals surface area contributed by atoms with Gasteiger partial charge in [-0.25, -0.2) is 0 Å². The quantitative estimate of drug-likeness (QED) is 0.527. The van der Waals surface area contributed by atoms with E-state index in [1.807, 2.05) is 24.3 Å². The minimum Gasteiger partial charge on any atom is -0.322 e. The third-order valence-corrected chi connectivity index (χ3v) is 4.38. The van der Waals surface area contributed by atoms with Gasteiger partial charge in [-0.3, -0.25) is 9.59 Å². The molecule has 0 spiro atoms. The molecule has 0 bridgehead atoms. The van der Waals surface area contributed by atoms with E-state index in [1.54, 1.807) is 24.3 Å². The highest BCUT2D eigenvalue weighted by molar-refractivity contribution is 6.77. The molecule has 0 fully saturated rings. The van der Waals surface area contributed by atoms with Crippen molar-refractivity contribution in [1.82, 2.24) is 0 Å². The molecular weight excluding hydrogens is 477 g/mol. The van der Waals surface area contributed by atoms with Crippen molar-refractivity contribution in [3.05, 3.63) is 59.7 Å². The Labute approximate surface area is 186 Å². The number of carbonyl (C=O) groups is 2. The summed E-state index contributed by atoms with van der Waals surface area (Å²) in [5, 5.41) is 5.01. The van der Waals surface area contributed by atoms with Crippen molar-refractivity contribution in [3.63, 3.8) is 0 Å². The fourth-order valence-electron chi connectivity index (χ4n) is 2.05. The Balaban J connectivity index is 1.97. The third kappa shape index (κ3) is 7.22. The molecular formula is C17H12Cl6N2O2. The van der Waals surface area contributed by atoms with Gasteiger partial charge in [0.05, 0.1) is 0 Å². The Morgan fingerprint density at radius 3 is 1.19 bits per heavy atom. The number of anilines is 2. The molecule has 2 rings (SSSR count). The maximum atomic E-state index is 11.6. The number of nitrogens with one attached hydrogen (secondary N) is 2. The van der Waals surface area contributed by atoms with Gasteiger partial charge in [-0.2, -0.15) is 0 Å². The lowest BCUT2D eigenvalue weighted by atomic mass is 10.0. The Kier molecular flexibility index (Phi) is 7.54. The molecule has 0 unspecified atom stereocenters. The predicted molar refractivity (Wildman–Crippen MR) is 114 cm³/mol. The van der Waals surface area contributed by atoms with Crippen LogP contribution in [0.25, 0.3) is 0 Å². The first-order chi connectivity index (χ1) is 12.4. The molecule has 0 radical (unpaired) electrons. The smallest absolute Gasteiger partial charge is 0.276 e. The summed E-state index contributed by atoms with van der Waals surface area (Å²) in [5.41, 5.74) is 3.03. The number of rotatable bonds is 4. The lowest BCUT2D eigenvalue weighted by Gasteiger charge is -2.12. The second-order valence-corrected chi connectivity index (χ2v) is 10.0. The van der Waals surface area contributed by atoms with E-state index < -0.39 is 19.4 Å². The highest BCUT2D eigenvalue weighted by Gasteiger charge is 2.31. The SMILES string of the molecule is O=C(Nc1ccc(Cc2ccc(NC(=O)C(Cl)(Cl)Cl)cc2)cc1)C(Cl)(Cl)Cl. The summed E-state index contributed by atoms with van der Waals surface area (Å²) in [6, 6.07) is 14.2. The largest absolute Gasteiger partial charge is 0.322 e. The van der Waals surface area contributed by atoms with Gasteiger partial charge in [-0.1, -0.05) is 93.9 Å². The maximum absolute atomic E-state index is 11.6. The summed E-state index contributed by atoms with van der Waals surface area (Å²) < 4.78 is -4.04. The number of hydrogen-bond donors (Lipinski definition) is 2. The van der Waals surface area contributed by atoms with Gasteiger partial charge in [0.1, 0.15) is 0 Å². The van der Waals surface area contributed by atoms with Gasteiger partial charge in [0.25, 0.3) is 19.4 Å². The summed E-state index contributed by atoms with van der Waals surface area (Å²) in [6.07, 6.45) is 0.636. The van der Waals surface area contributed by atoms with Crippen LogP contribution in [0, 0.1) is 0 Å². The first kappa shape index (κ1) is 22.4. The molecule has 0 aliphatic rings. The monoisotopic (exact) mass is 486 g/mol. The Bertz CT molecular complexity index is 742. The van der Waals surface area contributed by atoms with Crippen LogP contribution in [0.4, 0.5) is 11.4 Å². The van der Waals surface area contributed by atoms with Gasteiger partial charge < -0.3 is 10.6 Å². The summed E-state index contributed by atoms with van der Waals surface area (Å²) >= 11 is 33.1. The van der Waals surface area contributed by atoms with Crippen LogP contribution in [0.2, 0.25) is 0 Å². The molecule has 27 heavy (non-hydrogen) atoms. The molecule has 144 valence electrons. The van der Waals surface area contributed by atoms with Crippen LogP contribution in [-0.2, 0) is 16.0 Å². The average Bonchev–Trinajstić information content (AvgIpc) is 2.56. The van der Waals surface area contributed by atoms with Crippen molar-refractivity contribution in [1.29, 1.82) is 0 Å². The number of amides is 2. The van der Waals surface area contributed by atoms with Crippen molar-refractivity contribution in [2.45, 2.75) is 14.0 Å². The van der Waals surface area contributed by atoms with E-state index in [0.29, 0.717) is 17.8 Å². The van der Waals surface area contributed by atoms with Crippen molar-refractivity contribution in [3.8, 4) is 0 Å². The molecule has 0 aliphatic carbocycles. The van der Waals surface area contributed by atoms with Crippen molar-refractivity contribution in [2.24, 2.45) is 0 Å². The molecule has 0 heterocycles. The highest BCUT2D eigenvalue weighted by atomic mass is 35.6. The topological polar surface area (TPSA) is 58.2 Å². The molecule has 0 aromatic heterocycles. The van der Waals surface area contributed by atoms with Gasteiger partial charge in [-0.05, 0) is 41.8 Å². The van der Waals surface area contributed by atoms with Crippen LogP contribution >= 0.6 is 69.6 Å². The molecule has 0 saturated carbocycles. The predicted octanol–water partition coefficient (Wildman–Crippen LogP) is 5.89. The number of halogens is 6. The number of benzene rings is 2. The molecule has 4 nitrogen and oxygen atoms in total. The maximum Gasteiger partial charge on any atom is 0.276 e. The molecule has 2 aromatic carbocycles. The second kappa shape index (κ2) is 9.08. The van der Waals surface area contributed by atoms with Crippen molar-refractivity contribution >= 4 is 92.8 Å². The summed E-state index contributed by atoms with van der Waals surface area (Å²) in [7, 11) is 0. The van der Waals surface area contributed by atoms with E-state index >= 15 is 0 Å². The average molecular weight is 489 g/mol. The molecule has 0 saturated heterocycles. The summed E-state index contributed by atoms with van der Waals surface area (Å²) in [6.45, 7) is 0. The fourth-order valence-corrected chi connectivity index (χ4v) is 2.33. The van der Waals surface area contributed by atoms with Gasteiger partial charge in [-0.15, -0.1) is 0 Å². The van der Waals surface area contributed by atoms with E-state index in [4.69, 9.17) is 69.6 Å². The summed E-state index contributed by atoms with van der Waals surface area (Å²) in [4.78, 5) is 23.2. The minimum absolute atomic E-state index is 0.514. The van der Waals surface area contributed by atoms with Crippen LogP contribution in [0.1, 0.15) is 11.1 Å². The lowest BCUT2D eigenvalue weighted by Crippen LogP contribution is -2.26. The van der Waals surface area contributed by atoms with E-state index in [2.05, 4.69) is 10.6 Å². The third-order valence-electron chi connectivity index (χ3n) is 3.35. The molecule has 0 atom stereocenters. The fraction of sp³-hybridized carbons (Fsp3) is 0.176. The molecule has 0 aliphatic heterocycles. The summed E-state index contributed by atoms with van der Waals surface area (Å²) in [5.74, 6) is -1.46. The van der Waals surface area contributed by atoms with E-state index in [-0.39, 0.29) is 0 Å². The first-order valence-corrected chi connectivity index (χ1v) is 9.66. The molecule has 2 amide bonds. The minimum atomic E-state index is -2.02. The van der Waals surface area contributed by atoms with E-state index in [9.17, 15) is 9.59 Å². The number of alkyl halides is 6. The first-order valence-electron chi connectivity index (χ1n) is 7.39. The molecule has 2 aromatic rings. The highest BCUT2D eigenvalue weighted by Crippen LogP contribution is 2.28. The Hall–Kier alpha value is -0.880. The normalized spacial score (nSPS) is 11.8. The van der Waals surface area contributed by atoms with Crippen LogP contribution in [0.3, 0.4) is 0 Å². The standard InChI is InChI=1S/C17H12Cl6N2O2/c18-16(19,20)14(26)24-12-5-1-10(2-6-12)9-11-3-7-13(8-4-11)25-15(27)17(21,22)23/h1-8H,9H2,(H,24,26)(H,25,27). The van der Waals surface area contributed by atoms with Gasteiger partial charge >= 0.3 is 0 Å². The molecule has 10 heteroatoms. The van der Waals surface area contributed by atoms with Crippen LogP contribution in [-0.4, -0.2) is 19.4 Å². The number of carbonyl (C=O) groups excluding carboxylic acids is 2. The van der Waals surface area contributed by atoms with Crippen molar-refractivity contribution in [2.75, 3.05) is 10.6 Å². The number of hydrogen-bond acceptors (Lipinski definition) is 2. The lowest BCUT2D eigenvalue weighted by molar-refractivity contribution is -0.116. The second-order valence-electron chi connectivity index (χ2n) is 5.47. The zero-order valence-corrected chi connectivity index (χ0v) is 17.9. The van der Waals surface area contributed by atoms with Gasteiger partial charge in [0, 0.05) is 11.4 Å². The van der Waals surface area contributed by atoms with Gasteiger partial charge in [0.2, 0.25) is 0 Å². The van der Waals surface area contributed by atoms with Crippen LogP contribution < -0.4 is 10.6 Å².